The number of primary amides is 1. The van der Waals surface area contributed by atoms with E-state index in [1.54, 1.807) is 31.5 Å². The first-order chi connectivity index (χ1) is 13.9. The highest BCUT2D eigenvalue weighted by atomic mass is 16.5. The number of carbonyl (C=O) groups is 1. The van der Waals surface area contributed by atoms with Crippen molar-refractivity contribution in [1.82, 2.24) is 4.98 Å². The summed E-state index contributed by atoms with van der Waals surface area (Å²) in [5.41, 5.74) is 10.7. The van der Waals surface area contributed by atoms with Gasteiger partial charge in [-0.2, -0.15) is 5.26 Å². The van der Waals surface area contributed by atoms with E-state index in [4.69, 9.17) is 15.2 Å². The van der Waals surface area contributed by atoms with Crippen molar-refractivity contribution in [2.45, 2.75) is 38.7 Å². The summed E-state index contributed by atoms with van der Waals surface area (Å²) in [7, 11) is 1.54. The molecule has 4 rings (SSSR count). The van der Waals surface area contributed by atoms with E-state index in [1.807, 2.05) is 13.8 Å². The molecule has 1 amide bonds. The minimum Gasteiger partial charge on any atom is -0.496 e. The van der Waals surface area contributed by atoms with Crippen LogP contribution in [0.2, 0.25) is 0 Å². The molecule has 1 aromatic carbocycles. The molecule has 0 spiro atoms. The highest BCUT2D eigenvalue weighted by molar-refractivity contribution is 5.98. The smallest absolute Gasteiger partial charge is 0.247 e. The Balaban J connectivity index is 2.00. The number of hydrogen-bond acceptors (Lipinski definition) is 6. The Morgan fingerprint density at radius 2 is 2.10 bits per heavy atom. The second-order valence-corrected chi connectivity index (χ2v) is 7.38. The molecule has 148 valence electrons. The number of methoxy groups -OCH3 is 1. The Kier molecular flexibility index (Phi) is 4.63. The average Bonchev–Trinajstić information content (AvgIpc) is 3.52. The quantitative estimate of drug-likeness (QED) is 0.812. The number of aryl methyl sites for hydroxylation is 1. The van der Waals surface area contributed by atoms with Crippen molar-refractivity contribution < 1.29 is 14.3 Å². The molecule has 2 aliphatic rings. The number of nitriles is 1. The molecule has 1 fully saturated rings. The van der Waals surface area contributed by atoms with E-state index < -0.39 is 11.8 Å². The van der Waals surface area contributed by atoms with E-state index in [9.17, 15) is 10.1 Å². The number of ether oxygens (including phenoxy) is 2. The molecule has 7 nitrogen and oxygen atoms in total. The van der Waals surface area contributed by atoms with Crippen LogP contribution in [-0.4, -0.2) is 24.1 Å². The molecule has 1 saturated carbocycles. The van der Waals surface area contributed by atoms with Crippen LogP contribution in [0.5, 0.6) is 11.6 Å². The number of anilines is 1. The second-order valence-electron chi connectivity index (χ2n) is 7.38. The summed E-state index contributed by atoms with van der Waals surface area (Å²) in [4.78, 5) is 17.0. The van der Waals surface area contributed by atoms with Crippen LogP contribution >= 0.6 is 0 Å². The molecule has 2 heterocycles. The van der Waals surface area contributed by atoms with Crippen molar-refractivity contribution in [3.8, 4) is 17.7 Å². The van der Waals surface area contributed by atoms with Gasteiger partial charge in [-0.1, -0.05) is 6.07 Å². The van der Waals surface area contributed by atoms with Crippen molar-refractivity contribution in [3.63, 3.8) is 0 Å². The summed E-state index contributed by atoms with van der Waals surface area (Å²) in [5.74, 6) is -0.0564. The zero-order valence-corrected chi connectivity index (χ0v) is 16.6. The molecular formula is C22H22N4O3. The topological polar surface area (TPSA) is 110 Å². The Morgan fingerprint density at radius 1 is 1.34 bits per heavy atom. The Hall–Kier alpha value is -3.53. The average molecular weight is 390 g/mol. The lowest BCUT2D eigenvalue weighted by atomic mass is 9.79. The number of benzene rings is 1. The predicted molar refractivity (Wildman–Crippen MR) is 108 cm³/mol. The van der Waals surface area contributed by atoms with E-state index in [2.05, 4.69) is 16.4 Å². The van der Waals surface area contributed by atoms with Crippen molar-refractivity contribution in [2.75, 3.05) is 12.4 Å². The SMILES string of the molecule is COc1cc(C#N)ccc1[C@@H]1C(C(N)=O)=C(C)Nc2c(C)cnc(OC3CC3)c21. The van der Waals surface area contributed by atoms with E-state index in [1.165, 1.54) is 0 Å². The number of nitrogens with two attached hydrogens (primary N) is 1. The van der Waals surface area contributed by atoms with Gasteiger partial charge in [0.2, 0.25) is 11.8 Å². The van der Waals surface area contributed by atoms with Gasteiger partial charge in [-0.3, -0.25) is 4.79 Å². The molecule has 29 heavy (non-hydrogen) atoms. The largest absolute Gasteiger partial charge is 0.496 e. The van der Waals surface area contributed by atoms with Crippen LogP contribution in [0.4, 0.5) is 5.69 Å². The Bertz CT molecular complexity index is 1080. The monoisotopic (exact) mass is 390 g/mol. The lowest BCUT2D eigenvalue weighted by molar-refractivity contribution is -0.114. The van der Waals surface area contributed by atoms with Crippen LogP contribution in [0, 0.1) is 18.3 Å². The number of allylic oxidation sites excluding steroid dienone is 1. The molecule has 1 aliphatic heterocycles. The Labute approximate surface area is 169 Å². The molecule has 2 aromatic rings. The van der Waals surface area contributed by atoms with E-state index >= 15 is 0 Å². The summed E-state index contributed by atoms with van der Waals surface area (Å²) in [6.07, 6.45) is 3.88. The molecule has 0 unspecified atom stereocenters. The fourth-order valence-corrected chi connectivity index (χ4v) is 3.75. The summed E-state index contributed by atoms with van der Waals surface area (Å²) in [5, 5.41) is 12.6. The maximum absolute atomic E-state index is 12.5. The first-order valence-corrected chi connectivity index (χ1v) is 9.46. The van der Waals surface area contributed by atoms with Gasteiger partial charge in [0.15, 0.2) is 0 Å². The van der Waals surface area contributed by atoms with Crippen LogP contribution in [0.3, 0.4) is 0 Å². The zero-order chi connectivity index (χ0) is 20.7. The van der Waals surface area contributed by atoms with Gasteiger partial charge >= 0.3 is 0 Å². The van der Waals surface area contributed by atoms with E-state index in [0.717, 1.165) is 35.2 Å². The van der Waals surface area contributed by atoms with Crippen LogP contribution in [0.15, 0.2) is 35.7 Å². The van der Waals surface area contributed by atoms with Gasteiger partial charge in [-0.25, -0.2) is 4.98 Å². The summed E-state index contributed by atoms with van der Waals surface area (Å²) >= 11 is 0. The lowest BCUT2D eigenvalue weighted by Crippen LogP contribution is -2.28. The summed E-state index contributed by atoms with van der Waals surface area (Å²) < 4.78 is 11.7. The molecule has 0 bridgehead atoms. The second kappa shape index (κ2) is 7.13. The molecule has 1 atom stereocenters. The number of pyridine rings is 1. The van der Waals surface area contributed by atoms with Crippen LogP contribution in [0.25, 0.3) is 0 Å². The number of fused-ring (bicyclic) bond motifs is 1. The van der Waals surface area contributed by atoms with Crippen molar-refractivity contribution in [3.05, 3.63) is 57.9 Å². The fourth-order valence-electron chi connectivity index (χ4n) is 3.75. The highest BCUT2D eigenvalue weighted by Crippen LogP contribution is 2.49. The van der Waals surface area contributed by atoms with Crippen LogP contribution < -0.4 is 20.5 Å². The number of carbonyl (C=O) groups excluding carboxylic acids is 1. The first kappa shape index (κ1) is 18.8. The third-order valence-electron chi connectivity index (χ3n) is 5.31. The van der Waals surface area contributed by atoms with E-state index in [-0.39, 0.29) is 6.10 Å². The molecule has 1 aromatic heterocycles. The number of nitrogens with one attached hydrogen (secondary N) is 1. The fraction of sp³-hybridized carbons (Fsp3) is 0.318. The van der Waals surface area contributed by atoms with Gasteiger partial charge in [0.25, 0.3) is 0 Å². The minimum atomic E-state index is -0.532. The predicted octanol–water partition coefficient (Wildman–Crippen LogP) is 3.13. The van der Waals surface area contributed by atoms with Crippen LogP contribution in [-0.2, 0) is 4.79 Å². The highest BCUT2D eigenvalue weighted by Gasteiger charge is 2.38. The van der Waals surface area contributed by atoms with Gasteiger partial charge < -0.3 is 20.5 Å². The number of hydrogen-bond donors (Lipinski definition) is 2. The third kappa shape index (κ3) is 3.27. The molecule has 1 aliphatic carbocycles. The number of amides is 1. The molecule has 7 heteroatoms. The summed E-state index contributed by atoms with van der Waals surface area (Å²) in [6.45, 7) is 3.78. The minimum absolute atomic E-state index is 0.141. The third-order valence-corrected chi connectivity index (χ3v) is 5.31. The molecule has 3 N–H and O–H groups in total. The van der Waals surface area contributed by atoms with Crippen molar-refractivity contribution in [1.29, 1.82) is 5.26 Å². The van der Waals surface area contributed by atoms with Gasteiger partial charge in [-0.15, -0.1) is 0 Å². The lowest BCUT2D eigenvalue weighted by Gasteiger charge is -2.32. The van der Waals surface area contributed by atoms with Gasteiger partial charge in [0, 0.05) is 23.0 Å². The molecule has 0 radical (unpaired) electrons. The van der Waals surface area contributed by atoms with Crippen LogP contribution in [0.1, 0.15) is 47.9 Å². The van der Waals surface area contributed by atoms with Gasteiger partial charge in [-0.05, 0) is 44.4 Å². The maximum Gasteiger partial charge on any atom is 0.247 e. The standard InChI is InChI=1S/C22H22N4O3/c1-11-10-25-22(29-14-5-6-14)19-18(17(21(24)27)12(2)26-20(11)19)15-7-4-13(9-23)8-16(15)28-3/h4,7-8,10,14,18,26H,5-6H2,1-3H3,(H2,24,27)/t18-/m1/s1. The maximum atomic E-state index is 12.5. The first-order valence-electron chi connectivity index (χ1n) is 9.46. The van der Waals surface area contributed by atoms with Gasteiger partial charge in [0.05, 0.1) is 35.9 Å². The molecular weight excluding hydrogens is 368 g/mol. The number of aromatic nitrogens is 1. The molecule has 0 saturated heterocycles. The zero-order valence-electron chi connectivity index (χ0n) is 16.6. The van der Waals surface area contributed by atoms with Crippen molar-refractivity contribution in [2.24, 2.45) is 5.73 Å². The normalized spacial score (nSPS) is 17.8. The van der Waals surface area contributed by atoms with Crippen molar-refractivity contribution >= 4 is 11.6 Å². The number of rotatable bonds is 5. The number of nitrogens with zero attached hydrogens (tertiary/aromatic N) is 2. The summed E-state index contributed by atoms with van der Waals surface area (Å²) in [6, 6.07) is 7.29. The van der Waals surface area contributed by atoms with E-state index in [0.29, 0.717) is 28.5 Å². The Morgan fingerprint density at radius 3 is 2.72 bits per heavy atom. The van der Waals surface area contributed by atoms with Gasteiger partial charge in [0.1, 0.15) is 11.9 Å².